The largest absolute Gasteiger partial charge is 0.368 e. The molecule has 28 heavy (non-hydrogen) atoms. The summed E-state index contributed by atoms with van der Waals surface area (Å²) >= 11 is 14.0. The van der Waals surface area contributed by atoms with Gasteiger partial charge in [-0.05, 0) is 58.2 Å². The molecule has 0 atom stereocenters. The monoisotopic (exact) mass is 441 g/mol. The van der Waals surface area contributed by atoms with Crippen molar-refractivity contribution in [2.24, 2.45) is 0 Å². The second-order valence-corrected chi connectivity index (χ2v) is 8.69. The van der Waals surface area contributed by atoms with Gasteiger partial charge in [-0.15, -0.1) is 11.8 Å². The van der Waals surface area contributed by atoms with E-state index in [0.717, 1.165) is 29.5 Å². The number of aromatic nitrogens is 2. The van der Waals surface area contributed by atoms with E-state index in [1.54, 1.807) is 11.8 Å². The molecule has 0 saturated carbocycles. The molecule has 0 aliphatic heterocycles. The number of benzene rings is 1. The quantitative estimate of drug-likeness (QED) is 0.391. The van der Waals surface area contributed by atoms with E-state index in [9.17, 15) is 0 Å². The first kappa shape index (κ1) is 23.1. The van der Waals surface area contributed by atoms with Gasteiger partial charge in [0.2, 0.25) is 5.95 Å². The first-order valence-electron chi connectivity index (χ1n) is 9.35. The van der Waals surface area contributed by atoms with Crippen LogP contribution >= 0.6 is 35.0 Å². The molecule has 0 aliphatic carbocycles. The van der Waals surface area contributed by atoms with Gasteiger partial charge in [-0.25, -0.2) is 0 Å². The van der Waals surface area contributed by atoms with Gasteiger partial charge < -0.3 is 10.2 Å². The van der Waals surface area contributed by atoms with Crippen molar-refractivity contribution in [1.82, 2.24) is 14.9 Å². The second-order valence-electron chi connectivity index (χ2n) is 7.08. The lowest BCUT2D eigenvalue weighted by molar-refractivity contribution is 0.182. The number of hydrogen-bond donors (Lipinski definition) is 1. The topological polar surface area (TPSA) is 44.3 Å². The Hall–Kier alpha value is -1.21. The SMILES string of the molecule is CSc1c(Cl)nc(N(C)c2ccc(Cl)cc2)nc1NCCN(C(C)C)C(C)C. The first-order chi connectivity index (χ1) is 13.2. The number of nitrogens with one attached hydrogen (secondary N) is 1. The number of rotatable bonds is 9. The molecule has 154 valence electrons. The highest BCUT2D eigenvalue weighted by molar-refractivity contribution is 7.98. The van der Waals surface area contributed by atoms with Crippen LogP contribution in [0.5, 0.6) is 0 Å². The Bertz CT molecular complexity index is 760. The predicted octanol–water partition coefficient (Wildman–Crippen LogP) is 5.80. The molecule has 0 radical (unpaired) electrons. The molecule has 0 fully saturated rings. The maximum Gasteiger partial charge on any atom is 0.233 e. The van der Waals surface area contributed by atoms with Crippen molar-refractivity contribution < 1.29 is 0 Å². The van der Waals surface area contributed by atoms with Crippen LogP contribution < -0.4 is 10.2 Å². The molecule has 0 amide bonds. The number of hydrogen-bond acceptors (Lipinski definition) is 6. The molecule has 0 bridgehead atoms. The molecule has 5 nitrogen and oxygen atoms in total. The van der Waals surface area contributed by atoms with E-state index in [2.05, 4.69) is 42.9 Å². The standard InChI is InChI=1S/C20H29Cl2N5S/c1-13(2)27(14(3)4)12-11-23-19-17(28-6)18(22)24-20(25-19)26(5)16-9-7-15(21)8-10-16/h7-10,13-14H,11-12H2,1-6H3,(H,23,24,25). The van der Waals surface area contributed by atoms with Crippen LogP contribution in [-0.2, 0) is 0 Å². The van der Waals surface area contributed by atoms with Crippen LogP contribution in [0.4, 0.5) is 17.5 Å². The number of thioether (sulfide) groups is 1. The molecular weight excluding hydrogens is 413 g/mol. The molecule has 0 unspecified atom stereocenters. The predicted molar refractivity (Wildman–Crippen MR) is 124 cm³/mol. The van der Waals surface area contributed by atoms with Gasteiger partial charge in [0.05, 0.1) is 4.90 Å². The summed E-state index contributed by atoms with van der Waals surface area (Å²) in [5.74, 6) is 1.30. The molecule has 1 aromatic heterocycles. The Balaban J connectivity index is 2.22. The van der Waals surface area contributed by atoms with Gasteiger partial charge in [-0.3, -0.25) is 4.90 Å². The Labute approximate surface area is 182 Å². The fourth-order valence-electron chi connectivity index (χ4n) is 3.06. The summed E-state index contributed by atoms with van der Waals surface area (Å²) < 4.78 is 0. The molecule has 2 rings (SSSR count). The lowest BCUT2D eigenvalue weighted by Gasteiger charge is -2.30. The molecule has 0 aliphatic rings. The zero-order chi connectivity index (χ0) is 20.8. The lowest BCUT2D eigenvalue weighted by Crippen LogP contribution is -2.40. The van der Waals surface area contributed by atoms with Crippen molar-refractivity contribution in [2.75, 3.05) is 36.6 Å². The van der Waals surface area contributed by atoms with Crippen LogP contribution in [0.1, 0.15) is 27.7 Å². The van der Waals surface area contributed by atoms with Crippen molar-refractivity contribution in [1.29, 1.82) is 0 Å². The van der Waals surface area contributed by atoms with E-state index in [1.165, 1.54) is 0 Å². The van der Waals surface area contributed by atoms with E-state index in [0.29, 0.717) is 28.2 Å². The normalized spacial score (nSPS) is 11.5. The average molecular weight is 442 g/mol. The summed E-state index contributed by atoms with van der Waals surface area (Å²) in [7, 11) is 1.91. The zero-order valence-electron chi connectivity index (χ0n) is 17.3. The third-order valence-corrected chi connectivity index (χ3v) is 5.95. The summed E-state index contributed by atoms with van der Waals surface area (Å²) in [6, 6.07) is 8.52. The van der Waals surface area contributed by atoms with E-state index < -0.39 is 0 Å². The molecule has 0 spiro atoms. The highest BCUT2D eigenvalue weighted by Crippen LogP contribution is 2.33. The molecule has 1 heterocycles. The van der Waals surface area contributed by atoms with Crippen molar-refractivity contribution in [3.63, 3.8) is 0 Å². The first-order valence-corrected chi connectivity index (χ1v) is 11.3. The van der Waals surface area contributed by atoms with E-state index in [1.807, 2.05) is 42.5 Å². The Morgan fingerprint density at radius 3 is 2.18 bits per heavy atom. The van der Waals surface area contributed by atoms with Crippen molar-refractivity contribution in [2.45, 2.75) is 44.7 Å². The van der Waals surface area contributed by atoms with Gasteiger partial charge in [0.25, 0.3) is 0 Å². The highest BCUT2D eigenvalue weighted by Gasteiger charge is 2.17. The van der Waals surface area contributed by atoms with Crippen LogP contribution in [0.25, 0.3) is 0 Å². The Morgan fingerprint density at radius 2 is 1.64 bits per heavy atom. The third-order valence-electron chi connectivity index (χ3n) is 4.52. The zero-order valence-corrected chi connectivity index (χ0v) is 19.7. The van der Waals surface area contributed by atoms with E-state index in [4.69, 9.17) is 28.2 Å². The average Bonchev–Trinajstić information content (AvgIpc) is 2.64. The van der Waals surface area contributed by atoms with Gasteiger partial charge in [0.1, 0.15) is 11.0 Å². The van der Waals surface area contributed by atoms with Crippen molar-refractivity contribution >= 4 is 52.4 Å². The summed E-state index contributed by atoms with van der Waals surface area (Å²) in [5, 5.41) is 4.60. The van der Waals surface area contributed by atoms with Gasteiger partial charge in [0, 0.05) is 42.9 Å². The fraction of sp³-hybridized carbons (Fsp3) is 0.500. The minimum atomic E-state index is 0.449. The molecule has 2 aromatic rings. The lowest BCUT2D eigenvalue weighted by atomic mass is 10.2. The molecule has 1 aromatic carbocycles. The summed E-state index contributed by atoms with van der Waals surface area (Å²) in [6.07, 6.45) is 1.98. The minimum absolute atomic E-state index is 0.449. The van der Waals surface area contributed by atoms with Crippen LogP contribution in [0, 0.1) is 0 Å². The maximum atomic E-state index is 6.46. The summed E-state index contributed by atoms with van der Waals surface area (Å²) in [5.41, 5.74) is 0.939. The molecular formula is C20H29Cl2N5S. The van der Waals surface area contributed by atoms with Crippen LogP contribution in [0.2, 0.25) is 10.2 Å². The smallest absolute Gasteiger partial charge is 0.233 e. The minimum Gasteiger partial charge on any atom is -0.368 e. The van der Waals surface area contributed by atoms with Gasteiger partial charge in [-0.1, -0.05) is 23.2 Å². The second kappa shape index (κ2) is 10.5. The maximum absolute atomic E-state index is 6.46. The van der Waals surface area contributed by atoms with Crippen molar-refractivity contribution in [3.05, 3.63) is 34.4 Å². The van der Waals surface area contributed by atoms with Gasteiger partial charge in [-0.2, -0.15) is 9.97 Å². The summed E-state index contributed by atoms with van der Waals surface area (Å²) in [6.45, 7) is 10.6. The molecule has 8 heteroatoms. The van der Waals surface area contributed by atoms with Gasteiger partial charge in [0.15, 0.2) is 0 Å². The van der Waals surface area contributed by atoms with Crippen LogP contribution in [0.3, 0.4) is 0 Å². The van der Waals surface area contributed by atoms with Crippen LogP contribution in [-0.4, -0.2) is 53.3 Å². The van der Waals surface area contributed by atoms with Gasteiger partial charge >= 0.3 is 0 Å². The summed E-state index contributed by atoms with van der Waals surface area (Å²) in [4.78, 5) is 14.4. The number of anilines is 3. The Kier molecular flexibility index (Phi) is 8.68. The molecule has 1 N–H and O–H groups in total. The fourth-order valence-corrected chi connectivity index (χ4v) is 4.11. The molecule has 0 saturated heterocycles. The number of halogens is 2. The Morgan fingerprint density at radius 1 is 1.04 bits per heavy atom. The number of nitrogens with zero attached hydrogens (tertiary/aromatic N) is 4. The third kappa shape index (κ3) is 5.89. The van der Waals surface area contributed by atoms with Crippen LogP contribution in [0.15, 0.2) is 29.2 Å². The highest BCUT2D eigenvalue weighted by atomic mass is 35.5. The van der Waals surface area contributed by atoms with E-state index in [-0.39, 0.29) is 0 Å². The van der Waals surface area contributed by atoms with E-state index >= 15 is 0 Å². The van der Waals surface area contributed by atoms with Crippen molar-refractivity contribution in [3.8, 4) is 0 Å².